The molecule has 14 heavy (non-hydrogen) atoms. The van der Waals surface area contributed by atoms with Gasteiger partial charge < -0.3 is 15.7 Å². The van der Waals surface area contributed by atoms with Gasteiger partial charge in [0.1, 0.15) is 6.04 Å². The Morgan fingerprint density at radius 1 is 1.36 bits per heavy atom. The van der Waals surface area contributed by atoms with Crippen molar-refractivity contribution < 1.29 is 9.90 Å². The van der Waals surface area contributed by atoms with Crippen molar-refractivity contribution in [2.75, 3.05) is 20.6 Å². The average molecular weight is 204 g/mol. The Hall–Kier alpha value is -0.610. The second-order valence-corrected chi connectivity index (χ2v) is 3.24. The first-order valence-corrected chi connectivity index (χ1v) is 5.17. The molecule has 3 N–H and O–H groups in total. The number of nitrogens with two attached hydrogens (primary N) is 1. The third-order valence-corrected chi connectivity index (χ3v) is 1.69. The van der Waals surface area contributed by atoms with Gasteiger partial charge in [0.15, 0.2) is 0 Å². The lowest BCUT2D eigenvalue weighted by Crippen LogP contribution is -2.30. The van der Waals surface area contributed by atoms with E-state index in [0.717, 1.165) is 19.4 Å². The maximum absolute atomic E-state index is 10.3. The molecule has 0 bridgehead atoms. The Balaban J connectivity index is 0. The van der Waals surface area contributed by atoms with Crippen LogP contribution in [0.3, 0.4) is 0 Å². The monoisotopic (exact) mass is 204 g/mol. The predicted octanol–water partition coefficient (Wildman–Crippen LogP) is 1.16. The quantitative estimate of drug-likeness (QED) is 0.637. The first kappa shape index (κ1) is 15.8. The van der Waals surface area contributed by atoms with Gasteiger partial charge in [0.05, 0.1) is 0 Å². The van der Waals surface area contributed by atoms with E-state index >= 15 is 0 Å². The van der Waals surface area contributed by atoms with Crippen LogP contribution in [0.4, 0.5) is 0 Å². The highest BCUT2D eigenvalue weighted by atomic mass is 16.4. The van der Waals surface area contributed by atoms with E-state index in [4.69, 9.17) is 10.8 Å². The molecule has 86 valence electrons. The van der Waals surface area contributed by atoms with E-state index in [1.54, 1.807) is 0 Å². The fourth-order valence-corrected chi connectivity index (χ4v) is 0.916. The summed E-state index contributed by atoms with van der Waals surface area (Å²) in [5.41, 5.74) is 5.32. The van der Waals surface area contributed by atoms with Gasteiger partial charge in [-0.1, -0.05) is 20.3 Å². The van der Waals surface area contributed by atoms with Crippen molar-refractivity contribution in [2.24, 2.45) is 5.73 Å². The molecule has 0 aromatic heterocycles. The van der Waals surface area contributed by atoms with Crippen LogP contribution in [0.1, 0.15) is 33.1 Å². The molecule has 0 saturated heterocycles. The minimum Gasteiger partial charge on any atom is -0.480 e. The third-order valence-electron chi connectivity index (χ3n) is 1.69. The summed E-state index contributed by atoms with van der Waals surface area (Å²) < 4.78 is 0. The summed E-state index contributed by atoms with van der Waals surface area (Å²) in [7, 11) is 3.99. The zero-order chi connectivity index (χ0) is 11.6. The van der Waals surface area contributed by atoms with Crippen LogP contribution >= 0.6 is 0 Å². The van der Waals surface area contributed by atoms with Crippen molar-refractivity contribution in [1.82, 2.24) is 4.90 Å². The molecule has 4 nitrogen and oxygen atoms in total. The highest BCUT2D eigenvalue weighted by molar-refractivity contribution is 5.72. The second-order valence-electron chi connectivity index (χ2n) is 3.24. The van der Waals surface area contributed by atoms with E-state index < -0.39 is 12.0 Å². The highest BCUT2D eigenvalue weighted by Gasteiger charge is 2.09. The van der Waals surface area contributed by atoms with Gasteiger partial charge in [0.2, 0.25) is 0 Å². The topological polar surface area (TPSA) is 66.6 Å². The third kappa shape index (κ3) is 11.4. The zero-order valence-electron chi connectivity index (χ0n) is 9.79. The lowest BCUT2D eigenvalue weighted by molar-refractivity contribution is -0.138. The predicted molar refractivity (Wildman–Crippen MR) is 59.4 cm³/mol. The Bertz CT molecular complexity index is 138. The summed E-state index contributed by atoms with van der Waals surface area (Å²) in [6, 6.07) is -0.688. The fourth-order valence-electron chi connectivity index (χ4n) is 0.916. The number of carbonyl (C=O) groups is 1. The van der Waals surface area contributed by atoms with Crippen LogP contribution in [0.5, 0.6) is 0 Å². The summed E-state index contributed by atoms with van der Waals surface area (Å²) in [6.07, 6.45) is 2.46. The van der Waals surface area contributed by atoms with E-state index in [2.05, 4.69) is 4.90 Å². The van der Waals surface area contributed by atoms with E-state index in [0.29, 0.717) is 6.42 Å². The second kappa shape index (κ2) is 10.5. The molecule has 0 radical (unpaired) electrons. The Kier molecular flexibility index (Phi) is 11.9. The lowest BCUT2D eigenvalue weighted by Gasteiger charge is -2.09. The molecule has 0 spiro atoms. The maximum Gasteiger partial charge on any atom is 0.320 e. The molecule has 0 heterocycles. The van der Waals surface area contributed by atoms with Crippen molar-refractivity contribution in [3.63, 3.8) is 0 Å². The molecule has 0 aliphatic carbocycles. The Morgan fingerprint density at radius 2 is 1.86 bits per heavy atom. The van der Waals surface area contributed by atoms with Gasteiger partial charge in [0.25, 0.3) is 0 Å². The minimum absolute atomic E-state index is 0.573. The normalized spacial score (nSPS) is 11.9. The van der Waals surface area contributed by atoms with Crippen LogP contribution in [0, 0.1) is 0 Å². The van der Waals surface area contributed by atoms with Crippen molar-refractivity contribution >= 4 is 5.97 Å². The van der Waals surface area contributed by atoms with Crippen molar-refractivity contribution in [1.29, 1.82) is 0 Å². The number of hydrogen-bond donors (Lipinski definition) is 2. The number of carboxylic acid groups (broad SMARTS) is 1. The number of unbranched alkanes of at least 4 members (excludes halogenated alkanes) is 1. The molecule has 0 aromatic rings. The van der Waals surface area contributed by atoms with E-state index in [1.165, 1.54) is 0 Å². The van der Waals surface area contributed by atoms with Gasteiger partial charge >= 0.3 is 5.97 Å². The van der Waals surface area contributed by atoms with Gasteiger partial charge in [-0.3, -0.25) is 4.79 Å². The van der Waals surface area contributed by atoms with Crippen LogP contribution in [0.15, 0.2) is 0 Å². The number of rotatable bonds is 6. The van der Waals surface area contributed by atoms with Gasteiger partial charge in [0, 0.05) is 0 Å². The Labute approximate surface area is 87.1 Å². The van der Waals surface area contributed by atoms with Crippen molar-refractivity contribution in [3.8, 4) is 0 Å². The summed E-state index contributed by atoms with van der Waals surface area (Å²) in [6.45, 7) is 4.99. The van der Waals surface area contributed by atoms with Crippen LogP contribution < -0.4 is 5.73 Å². The summed E-state index contributed by atoms with van der Waals surface area (Å²) in [5.74, 6) is -0.903. The van der Waals surface area contributed by atoms with Gasteiger partial charge in [-0.2, -0.15) is 0 Å². The van der Waals surface area contributed by atoms with E-state index in [-0.39, 0.29) is 0 Å². The molecule has 0 saturated carbocycles. The van der Waals surface area contributed by atoms with Crippen molar-refractivity contribution in [2.45, 2.75) is 39.2 Å². The molecule has 0 rings (SSSR count). The van der Waals surface area contributed by atoms with Gasteiger partial charge in [-0.15, -0.1) is 0 Å². The van der Waals surface area contributed by atoms with Crippen LogP contribution in [0.25, 0.3) is 0 Å². The Morgan fingerprint density at radius 3 is 2.21 bits per heavy atom. The number of hydrogen-bond acceptors (Lipinski definition) is 3. The molecule has 1 unspecified atom stereocenters. The maximum atomic E-state index is 10.3. The van der Waals surface area contributed by atoms with Crippen LogP contribution in [-0.4, -0.2) is 42.7 Å². The molecular formula is C10H24N2O2. The molecule has 0 amide bonds. The first-order valence-electron chi connectivity index (χ1n) is 5.17. The summed E-state index contributed by atoms with van der Waals surface area (Å²) >= 11 is 0. The molecule has 0 aromatic carbocycles. The standard InChI is InChI=1S/C8H18N2O2.C2H6/c1-10(2)6-4-3-5-7(9)8(11)12;1-2/h7H,3-6,9H2,1-2H3,(H,11,12);1-2H3. The molecule has 4 heteroatoms. The van der Waals surface area contributed by atoms with E-state index in [1.807, 2.05) is 27.9 Å². The number of aliphatic carboxylic acids is 1. The SMILES string of the molecule is CC.CN(C)CCCCC(N)C(=O)O. The van der Waals surface area contributed by atoms with E-state index in [9.17, 15) is 4.79 Å². The lowest BCUT2D eigenvalue weighted by atomic mass is 10.1. The average Bonchev–Trinajstić information content (AvgIpc) is 2.15. The summed E-state index contributed by atoms with van der Waals surface area (Å²) in [5, 5.41) is 8.46. The molecule has 0 aliphatic rings. The number of carboxylic acids is 1. The molecular weight excluding hydrogens is 180 g/mol. The zero-order valence-corrected chi connectivity index (χ0v) is 9.79. The first-order chi connectivity index (χ1) is 6.54. The number of nitrogens with zero attached hydrogens (tertiary/aromatic N) is 1. The molecule has 0 fully saturated rings. The fraction of sp³-hybridized carbons (Fsp3) is 0.900. The smallest absolute Gasteiger partial charge is 0.320 e. The highest BCUT2D eigenvalue weighted by Crippen LogP contribution is 1.99. The van der Waals surface area contributed by atoms with Crippen molar-refractivity contribution in [3.05, 3.63) is 0 Å². The minimum atomic E-state index is -0.903. The van der Waals surface area contributed by atoms with Crippen LogP contribution in [0.2, 0.25) is 0 Å². The molecule has 0 aliphatic heterocycles. The van der Waals surface area contributed by atoms with Crippen LogP contribution in [-0.2, 0) is 4.79 Å². The molecule has 1 atom stereocenters. The van der Waals surface area contributed by atoms with Gasteiger partial charge in [-0.25, -0.2) is 0 Å². The summed E-state index contributed by atoms with van der Waals surface area (Å²) in [4.78, 5) is 12.4. The van der Waals surface area contributed by atoms with Gasteiger partial charge in [-0.05, 0) is 33.5 Å². The largest absolute Gasteiger partial charge is 0.480 e.